The van der Waals surface area contributed by atoms with Crippen LogP contribution in [-0.4, -0.2) is 78.4 Å². The van der Waals surface area contributed by atoms with E-state index in [9.17, 15) is 19.5 Å². The van der Waals surface area contributed by atoms with E-state index in [2.05, 4.69) is 15.2 Å². The third kappa shape index (κ3) is 6.61. The molecule has 0 unspecified atom stereocenters. The number of ketones is 1. The Morgan fingerprint density at radius 2 is 1.83 bits per heavy atom. The highest BCUT2D eigenvalue weighted by atomic mass is 16.5. The lowest BCUT2D eigenvalue weighted by Crippen LogP contribution is -2.31. The molecule has 2 aromatic rings. The van der Waals surface area contributed by atoms with E-state index >= 15 is 0 Å². The molecule has 41 heavy (non-hydrogen) atoms. The molecule has 1 amide bonds. The largest absolute Gasteiger partial charge is 0.491 e. The van der Waals surface area contributed by atoms with Crippen LogP contribution in [0.2, 0.25) is 0 Å². The normalized spacial score (nSPS) is 14.7. The molecule has 0 aliphatic carbocycles. The summed E-state index contributed by atoms with van der Waals surface area (Å²) in [6.45, 7) is 9.84. The summed E-state index contributed by atoms with van der Waals surface area (Å²) in [6, 6.07) is 5.60. The number of amides is 1. The van der Waals surface area contributed by atoms with Crippen LogP contribution < -0.4 is 19.7 Å². The maximum atomic E-state index is 13.4. The first-order valence-corrected chi connectivity index (χ1v) is 13.9. The number of pyridine rings is 1. The van der Waals surface area contributed by atoms with Crippen molar-refractivity contribution in [1.82, 2.24) is 15.2 Å². The highest BCUT2D eigenvalue weighted by molar-refractivity contribution is 6.03. The van der Waals surface area contributed by atoms with Gasteiger partial charge in [-0.3, -0.25) is 15.0 Å². The summed E-state index contributed by atoms with van der Waals surface area (Å²) in [5.74, 6) is -0.537. The van der Waals surface area contributed by atoms with Crippen molar-refractivity contribution in [3.63, 3.8) is 0 Å². The van der Waals surface area contributed by atoms with Gasteiger partial charge in [0.15, 0.2) is 23.8 Å². The smallest absolute Gasteiger partial charge is 0.341 e. The molecule has 11 heteroatoms. The van der Waals surface area contributed by atoms with E-state index in [1.165, 1.54) is 7.05 Å². The molecule has 2 aliphatic heterocycles. The van der Waals surface area contributed by atoms with Crippen LogP contribution in [0.3, 0.4) is 0 Å². The van der Waals surface area contributed by atoms with Gasteiger partial charge in [-0.05, 0) is 42.9 Å². The van der Waals surface area contributed by atoms with Crippen molar-refractivity contribution in [1.29, 1.82) is 5.41 Å². The van der Waals surface area contributed by atoms with Crippen LogP contribution in [0.15, 0.2) is 18.2 Å². The topological polar surface area (TPSA) is 145 Å². The first-order chi connectivity index (χ1) is 19.4. The van der Waals surface area contributed by atoms with Crippen LogP contribution in [0, 0.1) is 5.41 Å². The van der Waals surface area contributed by atoms with Crippen molar-refractivity contribution in [3.05, 3.63) is 46.3 Å². The van der Waals surface area contributed by atoms with Gasteiger partial charge in [0, 0.05) is 44.2 Å². The van der Waals surface area contributed by atoms with Crippen LogP contribution in [0.1, 0.15) is 73.4 Å². The summed E-state index contributed by atoms with van der Waals surface area (Å²) in [5, 5.41) is 20.5. The summed E-state index contributed by atoms with van der Waals surface area (Å²) in [4.78, 5) is 45.3. The summed E-state index contributed by atoms with van der Waals surface area (Å²) in [6.07, 6.45) is 2.21. The minimum atomic E-state index is -1.05. The number of aromatic nitrogens is 1. The number of amidine groups is 1. The Hall–Kier alpha value is -4.15. The lowest BCUT2D eigenvalue weighted by Gasteiger charge is -2.29. The van der Waals surface area contributed by atoms with Gasteiger partial charge < -0.3 is 29.7 Å². The number of hydrogen-bond acceptors (Lipinski definition) is 8. The molecule has 0 saturated carbocycles. The Morgan fingerprint density at radius 1 is 1.12 bits per heavy atom. The molecule has 1 fully saturated rings. The van der Waals surface area contributed by atoms with Crippen molar-refractivity contribution in [2.24, 2.45) is 0 Å². The maximum absolute atomic E-state index is 13.4. The minimum Gasteiger partial charge on any atom is -0.491 e. The average Bonchev–Trinajstić information content (AvgIpc) is 3.54. The molecule has 1 saturated heterocycles. The quantitative estimate of drug-likeness (QED) is 0.374. The van der Waals surface area contributed by atoms with E-state index in [0.717, 1.165) is 48.3 Å². The molecule has 0 bridgehead atoms. The van der Waals surface area contributed by atoms with E-state index in [1.807, 2.05) is 39.8 Å². The molecule has 1 aromatic carbocycles. The molecule has 3 N–H and O–H groups in total. The second kappa shape index (κ2) is 12.2. The fourth-order valence-corrected chi connectivity index (χ4v) is 5.28. The van der Waals surface area contributed by atoms with E-state index in [0.29, 0.717) is 30.3 Å². The zero-order chi connectivity index (χ0) is 29.9. The van der Waals surface area contributed by atoms with E-state index in [-0.39, 0.29) is 35.7 Å². The van der Waals surface area contributed by atoms with Gasteiger partial charge in [0.25, 0.3) is 5.91 Å². The second-order valence-corrected chi connectivity index (χ2v) is 11.4. The SMILES string of the molecule is CCOc1cc2c(nc1C(=O)NC)C(=N)N(CC(=O)Cc1cc(N3CCCC3)c(OCC(=O)O)c(C(C)(C)C)c1)C2. The van der Waals surface area contributed by atoms with Gasteiger partial charge in [0.2, 0.25) is 0 Å². The Labute approximate surface area is 240 Å². The number of Topliss-reactive ketones (excluding diaryl/α,β-unsaturated/α-hetero) is 1. The van der Waals surface area contributed by atoms with Gasteiger partial charge in [-0.25, -0.2) is 9.78 Å². The van der Waals surface area contributed by atoms with Crippen molar-refractivity contribution in [2.45, 2.75) is 58.9 Å². The molecule has 4 rings (SSSR count). The number of carbonyl (C=O) groups is 3. The van der Waals surface area contributed by atoms with E-state index < -0.39 is 18.5 Å². The maximum Gasteiger partial charge on any atom is 0.341 e. The van der Waals surface area contributed by atoms with Crippen molar-refractivity contribution in [2.75, 3.05) is 44.8 Å². The number of fused-ring (bicyclic) bond motifs is 1. The monoisotopic (exact) mass is 565 g/mol. The fraction of sp³-hybridized carbons (Fsp3) is 0.500. The average molecular weight is 566 g/mol. The molecule has 11 nitrogen and oxygen atoms in total. The van der Waals surface area contributed by atoms with Crippen LogP contribution >= 0.6 is 0 Å². The van der Waals surface area contributed by atoms with Crippen LogP contribution in [-0.2, 0) is 28.0 Å². The number of hydrogen-bond donors (Lipinski definition) is 3. The number of carboxylic acid groups (broad SMARTS) is 1. The zero-order valence-corrected chi connectivity index (χ0v) is 24.4. The first kappa shape index (κ1) is 29.8. The number of aliphatic carboxylic acids is 1. The molecule has 0 spiro atoms. The van der Waals surface area contributed by atoms with Gasteiger partial charge in [-0.1, -0.05) is 26.8 Å². The van der Waals surface area contributed by atoms with Crippen molar-refractivity contribution >= 4 is 29.2 Å². The van der Waals surface area contributed by atoms with Gasteiger partial charge in [0.05, 0.1) is 18.8 Å². The first-order valence-electron chi connectivity index (χ1n) is 13.9. The molecular formula is C30H39N5O6. The second-order valence-electron chi connectivity index (χ2n) is 11.4. The van der Waals surface area contributed by atoms with Crippen LogP contribution in [0.5, 0.6) is 11.5 Å². The molecule has 0 atom stereocenters. The predicted molar refractivity (Wildman–Crippen MR) is 154 cm³/mol. The third-order valence-corrected chi connectivity index (χ3v) is 7.20. The van der Waals surface area contributed by atoms with E-state index in [4.69, 9.17) is 14.9 Å². The van der Waals surface area contributed by atoms with Gasteiger partial charge in [-0.2, -0.15) is 0 Å². The Balaban J connectivity index is 1.58. The summed E-state index contributed by atoms with van der Waals surface area (Å²) >= 11 is 0. The van der Waals surface area contributed by atoms with E-state index in [1.54, 1.807) is 11.0 Å². The van der Waals surface area contributed by atoms with Crippen molar-refractivity contribution in [3.8, 4) is 11.5 Å². The molecular weight excluding hydrogens is 526 g/mol. The predicted octanol–water partition coefficient (Wildman–Crippen LogP) is 3.15. The van der Waals surface area contributed by atoms with Gasteiger partial charge in [0.1, 0.15) is 17.3 Å². The number of rotatable bonds is 11. The highest BCUT2D eigenvalue weighted by Gasteiger charge is 2.31. The summed E-state index contributed by atoms with van der Waals surface area (Å²) in [5.41, 5.74) is 3.33. The molecule has 1 aromatic heterocycles. The lowest BCUT2D eigenvalue weighted by molar-refractivity contribution is -0.139. The molecule has 3 heterocycles. The number of nitrogens with zero attached hydrogens (tertiary/aromatic N) is 3. The Bertz CT molecular complexity index is 1360. The number of benzene rings is 1. The Morgan fingerprint density at radius 3 is 2.44 bits per heavy atom. The number of carboxylic acids is 1. The standard InChI is InChI=1S/C30H39N5O6/c1-6-40-23-14-19-15-35(28(31)25(19)33-26(23)29(39)32-5)16-20(36)11-18-12-21(30(2,3)4)27(41-17-24(37)38)22(13-18)34-9-7-8-10-34/h12-14,31H,6-11,15-17H2,1-5H3,(H,32,39)(H,37,38). The van der Waals surface area contributed by atoms with Crippen LogP contribution in [0.4, 0.5) is 5.69 Å². The number of anilines is 1. The third-order valence-electron chi connectivity index (χ3n) is 7.20. The molecule has 0 radical (unpaired) electrons. The van der Waals surface area contributed by atoms with Gasteiger partial charge in [-0.15, -0.1) is 0 Å². The number of carbonyl (C=O) groups excluding carboxylic acids is 2. The summed E-state index contributed by atoms with van der Waals surface area (Å²) in [7, 11) is 1.51. The zero-order valence-electron chi connectivity index (χ0n) is 24.4. The minimum absolute atomic E-state index is 0.00956. The van der Waals surface area contributed by atoms with Crippen molar-refractivity contribution < 1.29 is 29.0 Å². The molecule has 220 valence electrons. The fourth-order valence-electron chi connectivity index (χ4n) is 5.28. The lowest BCUT2D eigenvalue weighted by atomic mass is 9.84. The van der Waals surface area contributed by atoms with Gasteiger partial charge >= 0.3 is 5.97 Å². The summed E-state index contributed by atoms with van der Waals surface area (Å²) < 4.78 is 11.5. The number of nitrogens with one attached hydrogen (secondary N) is 2. The van der Waals surface area contributed by atoms with Crippen LogP contribution in [0.25, 0.3) is 0 Å². The molecule has 2 aliphatic rings. The number of ether oxygens (including phenoxy) is 2. The Kier molecular flexibility index (Phi) is 8.84. The highest BCUT2D eigenvalue weighted by Crippen LogP contribution is 2.41.